The van der Waals surface area contributed by atoms with Gasteiger partial charge < -0.3 is 24.3 Å². The van der Waals surface area contributed by atoms with E-state index in [9.17, 15) is 19.7 Å². The van der Waals surface area contributed by atoms with Gasteiger partial charge in [-0.2, -0.15) is 0 Å². The number of nitrogens with one attached hydrogen (secondary N) is 1. The van der Waals surface area contributed by atoms with Crippen molar-refractivity contribution in [3.05, 3.63) is 52.1 Å². The summed E-state index contributed by atoms with van der Waals surface area (Å²) in [6.45, 7) is 4.03. The third-order valence-electron chi connectivity index (χ3n) is 3.95. The Morgan fingerprint density at radius 2 is 1.84 bits per heavy atom. The summed E-state index contributed by atoms with van der Waals surface area (Å²) in [6.07, 6.45) is 0.816. The number of hydrogen-bond acceptors (Lipinski definition) is 8. The predicted molar refractivity (Wildman–Crippen MR) is 112 cm³/mol. The van der Waals surface area contributed by atoms with Gasteiger partial charge in [-0.15, -0.1) is 0 Å². The van der Waals surface area contributed by atoms with Crippen LogP contribution in [-0.2, 0) is 9.53 Å². The molecular weight excluding hydrogens is 408 g/mol. The van der Waals surface area contributed by atoms with Gasteiger partial charge in [-0.25, -0.2) is 4.79 Å². The largest absolute Gasteiger partial charge is 0.496 e. The second-order valence-electron chi connectivity index (χ2n) is 6.21. The fourth-order valence-electron chi connectivity index (χ4n) is 2.53. The first-order valence-electron chi connectivity index (χ1n) is 9.58. The molecule has 1 amide bonds. The molecular formula is C21H24N2O8. The van der Waals surface area contributed by atoms with Crippen LogP contribution in [0.4, 0.5) is 11.4 Å². The molecule has 2 rings (SSSR count). The second kappa shape index (κ2) is 11.4. The minimum absolute atomic E-state index is 0.0390. The highest BCUT2D eigenvalue weighted by Gasteiger charge is 2.19. The minimum atomic E-state index is -0.748. The van der Waals surface area contributed by atoms with Crippen LogP contribution >= 0.6 is 0 Å². The maximum absolute atomic E-state index is 12.3. The quantitative estimate of drug-likeness (QED) is 0.324. The van der Waals surface area contributed by atoms with Crippen molar-refractivity contribution in [1.29, 1.82) is 0 Å². The Kier molecular flexibility index (Phi) is 8.62. The molecule has 0 saturated carbocycles. The summed E-state index contributed by atoms with van der Waals surface area (Å²) in [7, 11) is 1.37. The molecule has 0 spiro atoms. The highest BCUT2D eigenvalue weighted by atomic mass is 16.6. The molecule has 10 heteroatoms. The third kappa shape index (κ3) is 6.59. The first-order chi connectivity index (χ1) is 14.9. The predicted octanol–water partition coefficient (Wildman–Crippen LogP) is 3.59. The smallest absolute Gasteiger partial charge is 0.338 e. The van der Waals surface area contributed by atoms with Crippen LogP contribution in [0, 0.1) is 10.1 Å². The average molecular weight is 432 g/mol. The Labute approximate surface area is 179 Å². The van der Waals surface area contributed by atoms with E-state index in [1.807, 2.05) is 6.92 Å². The monoisotopic (exact) mass is 432 g/mol. The standard InChI is InChI=1S/C21H24N2O8/c1-4-10-30-18-9-6-14(11-19(18)29-5-2)21(25)31-13-20(24)22-16-8-7-15(28-3)12-17(16)23(26)27/h6-9,11-12H,4-5,10,13H2,1-3H3,(H,22,24). The Morgan fingerprint density at radius 3 is 2.48 bits per heavy atom. The Bertz CT molecular complexity index is 945. The topological polar surface area (TPSA) is 126 Å². The number of benzene rings is 2. The summed E-state index contributed by atoms with van der Waals surface area (Å²) in [6, 6.07) is 8.55. The van der Waals surface area contributed by atoms with Crippen molar-refractivity contribution in [3.8, 4) is 17.2 Å². The van der Waals surface area contributed by atoms with Crippen LogP contribution in [0.15, 0.2) is 36.4 Å². The zero-order valence-electron chi connectivity index (χ0n) is 17.5. The number of nitrogens with zero attached hydrogens (tertiary/aromatic N) is 1. The number of hydrogen-bond donors (Lipinski definition) is 1. The minimum Gasteiger partial charge on any atom is -0.496 e. The highest BCUT2D eigenvalue weighted by molar-refractivity contribution is 5.97. The van der Waals surface area contributed by atoms with Crippen molar-refractivity contribution in [3.63, 3.8) is 0 Å². The number of anilines is 1. The molecule has 0 aromatic heterocycles. The Balaban J connectivity index is 2.03. The maximum Gasteiger partial charge on any atom is 0.338 e. The first kappa shape index (κ1) is 23.5. The van der Waals surface area contributed by atoms with E-state index < -0.39 is 23.4 Å². The number of methoxy groups -OCH3 is 1. The van der Waals surface area contributed by atoms with Gasteiger partial charge in [0, 0.05) is 0 Å². The number of nitro benzene ring substituents is 1. The number of carbonyl (C=O) groups is 2. The lowest BCUT2D eigenvalue weighted by Gasteiger charge is -2.13. The molecule has 2 aromatic rings. The van der Waals surface area contributed by atoms with Gasteiger partial charge in [-0.05, 0) is 43.7 Å². The molecule has 166 valence electrons. The summed E-state index contributed by atoms with van der Waals surface area (Å²) in [5, 5.41) is 13.5. The van der Waals surface area contributed by atoms with E-state index >= 15 is 0 Å². The van der Waals surface area contributed by atoms with Crippen LogP contribution in [0.25, 0.3) is 0 Å². The SMILES string of the molecule is CCCOc1ccc(C(=O)OCC(=O)Nc2ccc(OC)cc2[N+](=O)[O-])cc1OCC. The lowest BCUT2D eigenvalue weighted by atomic mass is 10.2. The molecule has 0 aliphatic carbocycles. The van der Waals surface area contributed by atoms with E-state index in [4.69, 9.17) is 18.9 Å². The van der Waals surface area contributed by atoms with Gasteiger partial charge in [-0.1, -0.05) is 6.92 Å². The summed E-state index contributed by atoms with van der Waals surface area (Å²) < 4.78 is 21.0. The van der Waals surface area contributed by atoms with Crippen molar-refractivity contribution in [1.82, 2.24) is 0 Å². The number of amides is 1. The Morgan fingerprint density at radius 1 is 1.06 bits per heavy atom. The van der Waals surface area contributed by atoms with Crippen molar-refractivity contribution < 1.29 is 33.5 Å². The molecule has 0 atom stereocenters. The number of carbonyl (C=O) groups excluding carboxylic acids is 2. The maximum atomic E-state index is 12.3. The number of ether oxygens (including phenoxy) is 4. The van der Waals surface area contributed by atoms with Crippen molar-refractivity contribution in [2.75, 3.05) is 32.2 Å². The molecule has 0 heterocycles. The normalized spacial score (nSPS) is 10.2. The van der Waals surface area contributed by atoms with Gasteiger partial charge in [0.15, 0.2) is 18.1 Å². The summed E-state index contributed by atoms with van der Waals surface area (Å²) in [4.78, 5) is 35.0. The molecule has 0 aliphatic heterocycles. The van der Waals surface area contributed by atoms with Gasteiger partial charge in [0.2, 0.25) is 0 Å². The molecule has 0 unspecified atom stereocenters. The van der Waals surface area contributed by atoms with E-state index in [0.29, 0.717) is 24.7 Å². The highest BCUT2D eigenvalue weighted by Crippen LogP contribution is 2.30. The molecule has 31 heavy (non-hydrogen) atoms. The van der Waals surface area contributed by atoms with E-state index in [1.165, 1.54) is 37.4 Å². The van der Waals surface area contributed by atoms with Gasteiger partial charge in [0.25, 0.3) is 11.6 Å². The fraction of sp³-hybridized carbons (Fsp3) is 0.333. The zero-order chi connectivity index (χ0) is 22.8. The second-order valence-corrected chi connectivity index (χ2v) is 6.21. The van der Waals surface area contributed by atoms with E-state index in [-0.39, 0.29) is 22.7 Å². The molecule has 0 radical (unpaired) electrons. The molecule has 0 saturated heterocycles. The van der Waals surface area contributed by atoms with Crippen LogP contribution in [0.2, 0.25) is 0 Å². The van der Waals surface area contributed by atoms with E-state index in [2.05, 4.69) is 5.32 Å². The summed E-state index contributed by atoms with van der Waals surface area (Å²) in [5.41, 5.74) is -0.207. The van der Waals surface area contributed by atoms with Crippen LogP contribution in [0.3, 0.4) is 0 Å². The zero-order valence-corrected chi connectivity index (χ0v) is 17.5. The van der Waals surface area contributed by atoms with Crippen molar-refractivity contribution in [2.24, 2.45) is 0 Å². The fourth-order valence-corrected chi connectivity index (χ4v) is 2.53. The van der Waals surface area contributed by atoms with E-state index in [0.717, 1.165) is 6.42 Å². The Hall–Kier alpha value is -3.82. The molecule has 2 aromatic carbocycles. The average Bonchev–Trinajstić information content (AvgIpc) is 2.76. The van der Waals surface area contributed by atoms with E-state index in [1.54, 1.807) is 13.0 Å². The third-order valence-corrected chi connectivity index (χ3v) is 3.95. The number of rotatable bonds is 11. The van der Waals surface area contributed by atoms with Gasteiger partial charge in [0.05, 0.1) is 36.9 Å². The first-order valence-corrected chi connectivity index (χ1v) is 9.58. The lowest BCUT2D eigenvalue weighted by Crippen LogP contribution is -2.21. The van der Waals surface area contributed by atoms with Crippen LogP contribution in [0.1, 0.15) is 30.6 Å². The van der Waals surface area contributed by atoms with Gasteiger partial charge in [-0.3, -0.25) is 14.9 Å². The number of nitro groups is 1. The van der Waals surface area contributed by atoms with Crippen LogP contribution in [-0.4, -0.2) is 43.7 Å². The van der Waals surface area contributed by atoms with Crippen molar-refractivity contribution in [2.45, 2.75) is 20.3 Å². The number of esters is 1. The van der Waals surface area contributed by atoms with Gasteiger partial charge in [0.1, 0.15) is 11.4 Å². The van der Waals surface area contributed by atoms with Crippen LogP contribution < -0.4 is 19.5 Å². The lowest BCUT2D eigenvalue weighted by molar-refractivity contribution is -0.384. The summed E-state index contributed by atoms with van der Waals surface area (Å²) >= 11 is 0. The van der Waals surface area contributed by atoms with Crippen LogP contribution in [0.5, 0.6) is 17.2 Å². The van der Waals surface area contributed by atoms with Crippen molar-refractivity contribution >= 4 is 23.3 Å². The summed E-state index contributed by atoms with van der Waals surface area (Å²) in [5.74, 6) is -0.307. The molecule has 0 fully saturated rings. The van der Waals surface area contributed by atoms with Gasteiger partial charge >= 0.3 is 5.97 Å². The molecule has 0 bridgehead atoms. The molecule has 1 N–H and O–H groups in total. The molecule has 0 aliphatic rings. The molecule has 10 nitrogen and oxygen atoms in total.